The summed E-state index contributed by atoms with van der Waals surface area (Å²) in [4.78, 5) is 4.23. The van der Waals surface area contributed by atoms with E-state index >= 15 is 0 Å². The van der Waals surface area contributed by atoms with E-state index in [9.17, 15) is 0 Å². The molecule has 1 heterocycles. The summed E-state index contributed by atoms with van der Waals surface area (Å²) in [6, 6.07) is 0.405. The van der Waals surface area contributed by atoms with Crippen molar-refractivity contribution in [2.24, 2.45) is 0 Å². The van der Waals surface area contributed by atoms with Gasteiger partial charge in [-0.1, -0.05) is 6.08 Å². The van der Waals surface area contributed by atoms with E-state index in [-0.39, 0.29) is 0 Å². The average Bonchev–Trinajstić information content (AvgIpc) is 2.64. The first-order chi connectivity index (χ1) is 6.81. The molecule has 1 aromatic heterocycles. The molecule has 0 bridgehead atoms. The minimum Gasteiger partial charge on any atom is -0.316 e. The molecule has 0 aliphatic rings. The van der Waals surface area contributed by atoms with Gasteiger partial charge in [-0.3, -0.25) is 4.68 Å². The summed E-state index contributed by atoms with van der Waals surface area (Å²) in [5, 5.41) is 7.37. The highest BCUT2D eigenvalue weighted by molar-refractivity contribution is 4.91. The molecule has 1 aromatic rings. The predicted octanol–water partition coefficient (Wildman–Crippen LogP) is 1.00. The molecule has 4 heteroatoms. The first kappa shape index (κ1) is 10.9. The number of aromatic nitrogens is 3. The lowest BCUT2D eigenvalue weighted by molar-refractivity contribution is 0.519. The second-order valence-electron chi connectivity index (χ2n) is 3.21. The SMILES string of the molecule is C=CCC(Cc1ncnn1CC)NC. The molecule has 4 nitrogen and oxygen atoms in total. The van der Waals surface area contributed by atoms with E-state index in [1.165, 1.54) is 0 Å². The highest BCUT2D eigenvalue weighted by atomic mass is 15.3. The van der Waals surface area contributed by atoms with E-state index in [4.69, 9.17) is 0 Å². The highest BCUT2D eigenvalue weighted by Crippen LogP contribution is 2.02. The van der Waals surface area contributed by atoms with Crippen LogP contribution < -0.4 is 5.32 Å². The lowest BCUT2D eigenvalue weighted by Gasteiger charge is -2.13. The van der Waals surface area contributed by atoms with E-state index in [1.807, 2.05) is 17.8 Å². The molecule has 0 radical (unpaired) electrons. The van der Waals surface area contributed by atoms with Gasteiger partial charge in [0.2, 0.25) is 0 Å². The topological polar surface area (TPSA) is 42.7 Å². The Balaban J connectivity index is 2.61. The zero-order chi connectivity index (χ0) is 10.4. The van der Waals surface area contributed by atoms with Gasteiger partial charge in [-0.25, -0.2) is 4.98 Å². The maximum absolute atomic E-state index is 4.23. The molecule has 0 fully saturated rings. The fraction of sp³-hybridized carbons (Fsp3) is 0.600. The van der Waals surface area contributed by atoms with E-state index < -0.39 is 0 Å². The van der Waals surface area contributed by atoms with E-state index in [0.717, 1.165) is 25.2 Å². The van der Waals surface area contributed by atoms with Crippen molar-refractivity contribution in [3.05, 3.63) is 24.8 Å². The number of nitrogens with one attached hydrogen (secondary N) is 1. The molecule has 0 aromatic carbocycles. The van der Waals surface area contributed by atoms with Crippen LogP contribution in [0.4, 0.5) is 0 Å². The molecular weight excluding hydrogens is 176 g/mol. The minimum atomic E-state index is 0.405. The Bertz CT molecular complexity index is 279. The van der Waals surface area contributed by atoms with Crippen molar-refractivity contribution in [2.75, 3.05) is 7.05 Å². The van der Waals surface area contributed by atoms with Crippen molar-refractivity contribution in [3.8, 4) is 0 Å². The molecule has 1 atom stereocenters. The van der Waals surface area contributed by atoms with Gasteiger partial charge < -0.3 is 5.32 Å². The normalized spacial score (nSPS) is 12.7. The Morgan fingerprint density at radius 1 is 1.71 bits per heavy atom. The monoisotopic (exact) mass is 194 g/mol. The van der Waals surface area contributed by atoms with Crippen LogP contribution in [0.2, 0.25) is 0 Å². The molecule has 0 saturated carbocycles. The van der Waals surface area contributed by atoms with Gasteiger partial charge in [0, 0.05) is 19.0 Å². The number of aryl methyl sites for hydroxylation is 1. The number of likely N-dealkylation sites (N-methyl/N-ethyl adjacent to an activating group) is 1. The second kappa shape index (κ2) is 5.54. The predicted molar refractivity (Wildman–Crippen MR) is 57.1 cm³/mol. The highest BCUT2D eigenvalue weighted by Gasteiger charge is 2.09. The van der Waals surface area contributed by atoms with E-state index in [0.29, 0.717) is 6.04 Å². The molecule has 1 N–H and O–H groups in total. The molecule has 0 aliphatic carbocycles. The summed E-state index contributed by atoms with van der Waals surface area (Å²) in [7, 11) is 1.96. The minimum absolute atomic E-state index is 0.405. The summed E-state index contributed by atoms with van der Waals surface area (Å²) in [6.07, 6.45) is 5.39. The molecule has 0 saturated heterocycles. The van der Waals surface area contributed by atoms with Crippen LogP contribution in [0, 0.1) is 0 Å². The Labute approximate surface area is 85.0 Å². The van der Waals surface area contributed by atoms with Gasteiger partial charge >= 0.3 is 0 Å². The zero-order valence-electron chi connectivity index (χ0n) is 8.90. The number of nitrogens with zero attached hydrogens (tertiary/aromatic N) is 3. The largest absolute Gasteiger partial charge is 0.316 e. The van der Waals surface area contributed by atoms with Crippen LogP contribution in [-0.4, -0.2) is 27.9 Å². The molecule has 1 unspecified atom stereocenters. The van der Waals surface area contributed by atoms with Crippen molar-refractivity contribution < 1.29 is 0 Å². The fourth-order valence-electron chi connectivity index (χ4n) is 1.44. The maximum atomic E-state index is 4.23. The van der Waals surface area contributed by atoms with E-state index in [2.05, 4.69) is 28.9 Å². The molecule has 0 aliphatic heterocycles. The summed E-state index contributed by atoms with van der Waals surface area (Å²) >= 11 is 0. The first-order valence-electron chi connectivity index (χ1n) is 4.96. The Hall–Kier alpha value is -1.16. The number of rotatable bonds is 6. The van der Waals surface area contributed by atoms with Gasteiger partial charge in [0.05, 0.1) is 0 Å². The zero-order valence-corrected chi connectivity index (χ0v) is 8.90. The van der Waals surface area contributed by atoms with E-state index in [1.54, 1.807) is 6.33 Å². The van der Waals surface area contributed by atoms with Crippen molar-refractivity contribution in [1.29, 1.82) is 0 Å². The maximum Gasteiger partial charge on any atom is 0.138 e. The molecule has 14 heavy (non-hydrogen) atoms. The summed E-state index contributed by atoms with van der Waals surface area (Å²) < 4.78 is 1.92. The molecular formula is C10H18N4. The van der Waals surface area contributed by atoms with Gasteiger partial charge in [-0.05, 0) is 20.4 Å². The number of hydrogen-bond acceptors (Lipinski definition) is 3. The first-order valence-corrected chi connectivity index (χ1v) is 4.96. The second-order valence-corrected chi connectivity index (χ2v) is 3.21. The molecule has 78 valence electrons. The summed E-state index contributed by atoms with van der Waals surface area (Å²) in [5.41, 5.74) is 0. The lowest BCUT2D eigenvalue weighted by Crippen LogP contribution is -2.28. The third-order valence-corrected chi connectivity index (χ3v) is 2.28. The Morgan fingerprint density at radius 3 is 3.07 bits per heavy atom. The van der Waals surface area contributed by atoms with Crippen LogP contribution in [0.1, 0.15) is 19.2 Å². The van der Waals surface area contributed by atoms with Gasteiger partial charge in [0.15, 0.2) is 0 Å². The molecule has 1 rings (SSSR count). The summed E-state index contributed by atoms with van der Waals surface area (Å²) in [5.74, 6) is 1.04. The van der Waals surface area contributed by atoms with Crippen LogP contribution in [0.3, 0.4) is 0 Å². The van der Waals surface area contributed by atoms with Crippen molar-refractivity contribution >= 4 is 0 Å². The van der Waals surface area contributed by atoms with Gasteiger partial charge in [-0.15, -0.1) is 6.58 Å². The van der Waals surface area contributed by atoms with Gasteiger partial charge in [-0.2, -0.15) is 5.10 Å². The standard InChI is InChI=1S/C10H18N4/c1-4-6-9(11-3)7-10-12-8-13-14(10)5-2/h4,8-9,11H,1,5-7H2,2-3H3. The molecule has 0 amide bonds. The van der Waals surface area contributed by atoms with Crippen LogP contribution in [-0.2, 0) is 13.0 Å². The summed E-state index contributed by atoms with van der Waals surface area (Å²) in [6.45, 7) is 6.68. The third kappa shape index (κ3) is 2.67. The number of hydrogen-bond donors (Lipinski definition) is 1. The Morgan fingerprint density at radius 2 is 2.50 bits per heavy atom. The van der Waals surface area contributed by atoms with Gasteiger partial charge in [0.1, 0.15) is 12.2 Å². The van der Waals surface area contributed by atoms with Crippen molar-refractivity contribution in [2.45, 2.75) is 32.4 Å². The van der Waals surface area contributed by atoms with Crippen molar-refractivity contribution in [1.82, 2.24) is 20.1 Å². The average molecular weight is 194 g/mol. The van der Waals surface area contributed by atoms with Crippen LogP contribution in [0.5, 0.6) is 0 Å². The lowest BCUT2D eigenvalue weighted by atomic mass is 10.1. The van der Waals surface area contributed by atoms with Crippen molar-refractivity contribution in [3.63, 3.8) is 0 Å². The van der Waals surface area contributed by atoms with Crippen LogP contribution in [0.25, 0.3) is 0 Å². The third-order valence-electron chi connectivity index (χ3n) is 2.28. The van der Waals surface area contributed by atoms with Crippen LogP contribution >= 0.6 is 0 Å². The molecule has 0 spiro atoms. The Kier molecular flexibility index (Phi) is 4.32. The fourth-order valence-corrected chi connectivity index (χ4v) is 1.44. The van der Waals surface area contributed by atoms with Gasteiger partial charge in [0.25, 0.3) is 0 Å². The quantitative estimate of drug-likeness (QED) is 0.687. The smallest absolute Gasteiger partial charge is 0.138 e. The van der Waals surface area contributed by atoms with Crippen LogP contribution in [0.15, 0.2) is 19.0 Å².